The number of carbonyl (C=O) groups excluding carboxylic acids is 1. The molecule has 146 valence electrons. The molecule has 0 unspecified atom stereocenters. The summed E-state index contributed by atoms with van der Waals surface area (Å²) in [6.45, 7) is 4.44. The molecule has 2 aromatic carbocycles. The van der Waals surface area contributed by atoms with Crippen LogP contribution in [0.3, 0.4) is 0 Å². The maximum absolute atomic E-state index is 13.3. The van der Waals surface area contributed by atoms with Gasteiger partial charge in [0.05, 0.1) is 16.7 Å². The zero-order valence-electron chi connectivity index (χ0n) is 15.4. The van der Waals surface area contributed by atoms with Crippen LogP contribution in [-0.2, 0) is 11.3 Å². The minimum absolute atomic E-state index is 0.0362. The van der Waals surface area contributed by atoms with E-state index < -0.39 is 17.5 Å². The molecular weight excluding hydrogens is 384 g/mol. The van der Waals surface area contributed by atoms with Crippen molar-refractivity contribution in [3.63, 3.8) is 0 Å². The van der Waals surface area contributed by atoms with Crippen molar-refractivity contribution in [1.82, 2.24) is 9.55 Å². The second-order valence-electron chi connectivity index (χ2n) is 6.72. The molecule has 8 heteroatoms. The monoisotopic (exact) mass is 403 g/mol. The highest BCUT2D eigenvalue weighted by molar-refractivity contribution is 7.99. The van der Waals surface area contributed by atoms with E-state index in [2.05, 4.69) is 10.3 Å². The summed E-state index contributed by atoms with van der Waals surface area (Å²) in [6.07, 6.45) is 0. The van der Waals surface area contributed by atoms with Gasteiger partial charge in [0.1, 0.15) is 11.6 Å². The Labute approximate surface area is 164 Å². The summed E-state index contributed by atoms with van der Waals surface area (Å²) in [5.74, 6) is -1.84. The topological polar surface area (TPSA) is 64.0 Å². The number of nitrogens with one attached hydrogen (secondary N) is 1. The van der Waals surface area contributed by atoms with Crippen LogP contribution in [0.4, 0.5) is 14.5 Å². The van der Waals surface area contributed by atoms with E-state index in [-0.39, 0.29) is 22.9 Å². The number of amides is 1. The summed E-state index contributed by atoms with van der Waals surface area (Å²) in [5, 5.41) is 3.40. The van der Waals surface area contributed by atoms with Crippen molar-refractivity contribution in [2.45, 2.75) is 25.5 Å². The van der Waals surface area contributed by atoms with Gasteiger partial charge in [-0.2, -0.15) is 0 Å². The molecule has 0 atom stereocenters. The number of nitrogens with zero attached hydrogens (tertiary/aromatic N) is 2. The highest BCUT2D eigenvalue weighted by Gasteiger charge is 2.14. The van der Waals surface area contributed by atoms with E-state index in [0.29, 0.717) is 22.6 Å². The van der Waals surface area contributed by atoms with Crippen molar-refractivity contribution < 1.29 is 13.6 Å². The SMILES string of the molecule is CC(C)Cn1c(SCC(=O)Nc2cc(F)cc(F)c2)nc2ccccc2c1=O. The normalized spacial score (nSPS) is 11.2. The first-order valence-corrected chi connectivity index (χ1v) is 9.70. The number of hydrogen-bond acceptors (Lipinski definition) is 4. The molecule has 5 nitrogen and oxygen atoms in total. The van der Waals surface area contributed by atoms with E-state index in [1.165, 1.54) is 0 Å². The molecule has 0 aliphatic rings. The van der Waals surface area contributed by atoms with Crippen LogP contribution in [-0.4, -0.2) is 21.2 Å². The molecule has 1 heterocycles. The minimum Gasteiger partial charge on any atom is -0.325 e. The molecule has 0 aliphatic heterocycles. The summed E-state index contributed by atoms with van der Waals surface area (Å²) >= 11 is 1.11. The quantitative estimate of drug-likeness (QED) is 0.498. The number of carbonyl (C=O) groups is 1. The zero-order chi connectivity index (χ0) is 20.3. The largest absolute Gasteiger partial charge is 0.325 e. The molecule has 0 bridgehead atoms. The number of hydrogen-bond donors (Lipinski definition) is 1. The Hall–Kier alpha value is -2.74. The number of para-hydroxylation sites is 1. The van der Waals surface area contributed by atoms with E-state index in [0.717, 1.165) is 30.0 Å². The molecule has 0 spiro atoms. The van der Waals surface area contributed by atoms with E-state index in [1.807, 2.05) is 13.8 Å². The van der Waals surface area contributed by atoms with Crippen molar-refractivity contribution in [3.8, 4) is 0 Å². The van der Waals surface area contributed by atoms with Crippen molar-refractivity contribution in [3.05, 3.63) is 64.5 Å². The first kappa shape index (κ1) is 20.0. The predicted octanol–water partition coefficient (Wildman–Crippen LogP) is 4.06. The summed E-state index contributed by atoms with van der Waals surface area (Å²) in [7, 11) is 0. The van der Waals surface area contributed by atoms with E-state index in [4.69, 9.17) is 0 Å². The van der Waals surface area contributed by atoms with Gasteiger partial charge in [-0.05, 0) is 30.2 Å². The first-order valence-electron chi connectivity index (χ1n) is 8.72. The molecule has 28 heavy (non-hydrogen) atoms. The molecule has 0 saturated carbocycles. The Balaban J connectivity index is 1.82. The molecule has 0 aliphatic carbocycles. The van der Waals surface area contributed by atoms with Gasteiger partial charge in [-0.25, -0.2) is 13.8 Å². The summed E-state index contributed by atoms with van der Waals surface area (Å²) in [4.78, 5) is 29.5. The fourth-order valence-corrected chi connectivity index (χ4v) is 3.55. The van der Waals surface area contributed by atoms with Crippen molar-refractivity contribution in [2.75, 3.05) is 11.1 Å². The Morgan fingerprint density at radius 3 is 2.54 bits per heavy atom. The highest BCUT2D eigenvalue weighted by atomic mass is 32.2. The minimum atomic E-state index is -0.773. The molecule has 0 saturated heterocycles. The van der Waals surface area contributed by atoms with Gasteiger partial charge >= 0.3 is 0 Å². The fraction of sp³-hybridized carbons (Fsp3) is 0.250. The van der Waals surface area contributed by atoms with Gasteiger partial charge in [0.2, 0.25) is 5.91 Å². The van der Waals surface area contributed by atoms with Crippen LogP contribution in [0.25, 0.3) is 10.9 Å². The van der Waals surface area contributed by atoms with Crippen LogP contribution in [0, 0.1) is 17.6 Å². The van der Waals surface area contributed by atoms with Crippen LogP contribution in [0.1, 0.15) is 13.8 Å². The lowest BCUT2D eigenvalue weighted by molar-refractivity contribution is -0.113. The van der Waals surface area contributed by atoms with E-state index >= 15 is 0 Å². The summed E-state index contributed by atoms with van der Waals surface area (Å²) < 4.78 is 28.1. The van der Waals surface area contributed by atoms with Gasteiger partial charge in [-0.15, -0.1) is 0 Å². The zero-order valence-corrected chi connectivity index (χ0v) is 16.2. The second kappa shape index (κ2) is 8.52. The Morgan fingerprint density at radius 2 is 1.86 bits per heavy atom. The standard InChI is InChI=1S/C20H19F2N3O2S/c1-12(2)10-25-19(27)16-5-3-4-6-17(16)24-20(25)28-11-18(26)23-15-8-13(21)7-14(22)9-15/h3-9,12H,10-11H2,1-2H3,(H,23,26). The van der Waals surface area contributed by atoms with E-state index in [9.17, 15) is 18.4 Å². The average Bonchev–Trinajstić information content (AvgIpc) is 2.61. The molecule has 1 N–H and O–H groups in total. The third-order valence-electron chi connectivity index (χ3n) is 3.85. The third-order valence-corrected chi connectivity index (χ3v) is 4.83. The summed E-state index contributed by atoms with van der Waals surface area (Å²) in [6, 6.07) is 9.85. The fourth-order valence-electron chi connectivity index (χ4n) is 2.74. The molecule has 3 aromatic rings. The maximum atomic E-state index is 13.3. The number of thioether (sulfide) groups is 1. The van der Waals surface area contributed by atoms with E-state index in [1.54, 1.807) is 28.8 Å². The van der Waals surface area contributed by atoms with Gasteiger partial charge in [0.25, 0.3) is 5.56 Å². The van der Waals surface area contributed by atoms with Gasteiger partial charge in [-0.1, -0.05) is 37.7 Å². The lowest BCUT2D eigenvalue weighted by atomic mass is 10.2. The lowest BCUT2D eigenvalue weighted by Crippen LogP contribution is -2.26. The highest BCUT2D eigenvalue weighted by Crippen LogP contribution is 2.20. The number of anilines is 1. The third kappa shape index (κ3) is 4.75. The summed E-state index contributed by atoms with van der Waals surface area (Å²) in [5.41, 5.74) is 0.436. The molecular formula is C20H19F2N3O2S. The van der Waals surface area contributed by atoms with Crippen molar-refractivity contribution >= 4 is 34.3 Å². The molecule has 1 aromatic heterocycles. The number of fused-ring (bicyclic) bond motifs is 1. The number of rotatable bonds is 6. The van der Waals surface area contributed by atoms with Crippen LogP contribution in [0.15, 0.2) is 52.4 Å². The number of halogens is 2. The Kier molecular flexibility index (Phi) is 6.08. The average molecular weight is 403 g/mol. The molecule has 0 fully saturated rings. The predicted molar refractivity (Wildman–Crippen MR) is 107 cm³/mol. The van der Waals surface area contributed by atoms with Crippen molar-refractivity contribution in [2.24, 2.45) is 5.92 Å². The van der Waals surface area contributed by atoms with Crippen LogP contribution in [0.5, 0.6) is 0 Å². The van der Waals surface area contributed by atoms with Gasteiger partial charge in [0.15, 0.2) is 5.16 Å². The molecule has 3 rings (SSSR count). The van der Waals surface area contributed by atoms with Gasteiger partial charge in [-0.3, -0.25) is 14.2 Å². The Morgan fingerprint density at radius 1 is 1.18 bits per heavy atom. The Bertz CT molecular complexity index is 1060. The van der Waals surface area contributed by atoms with Gasteiger partial charge < -0.3 is 5.32 Å². The van der Waals surface area contributed by atoms with Crippen molar-refractivity contribution in [1.29, 1.82) is 0 Å². The number of benzene rings is 2. The molecule has 1 amide bonds. The van der Waals surface area contributed by atoms with Crippen LogP contribution in [0.2, 0.25) is 0 Å². The van der Waals surface area contributed by atoms with Crippen LogP contribution < -0.4 is 10.9 Å². The smallest absolute Gasteiger partial charge is 0.262 e. The maximum Gasteiger partial charge on any atom is 0.262 e. The van der Waals surface area contributed by atoms with Crippen LogP contribution >= 0.6 is 11.8 Å². The second-order valence-corrected chi connectivity index (χ2v) is 7.66. The first-order chi connectivity index (χ1) is 13.3. The molecule has 0 radical (unpaired) electrons. The van der Waals surface area contributed by atoms with Gasteiger partial charge in [0, 0.05) is 18.3 Å². The lowest BCUT2D eigenvalue weighted by Gasteiger charge is -2.15. The number of aromatic nitrogens is 2.